The molecule has 3 N–H and O–H groups in total. The Morgan fingerprint density at radius 3 is 2.58 bits per heavy atom. The van der Waals surface area contributed by atoms with Crippen molar-refractivity contribution in [2.45, 2.75) is 31.7 Å². The van der Waals surface area contributed by atoms with E-state index in [0.29, 0.717) is 17.6 Å². The number of nitrogen functional groups attached to an aromatic ring is 1. The molecule has 4 nitrogen and oxygen atoms in total. The highest BCUT2D eigenvalue weighted by molar-refractivity contribution is 6.00. The second-order valence-corrected chi connectivity index (χ2v) is 5.49. The van der Waals surface area contributed by atoms with Gasteiger partial charge in [-0.25, -0.2) is 9.18 Å². The summed E-state index contributed by atoms with van der Waals surface area (Å²) < 4.78 is 13.5. The molecule has 0 spiro atoms. The van der Waals surface area contributed by atoms with Crippen LogP contribution in [0.3, 0.4) is 0 Å². The lowest BCUT2D eigenvalue weighted by molar-refractivity contribution is 0.0698. The van der Waals surface area contributed by atoms with Gasteiger partial charge in [0.1, 0.15) is 11.4 Å². The highest BCUT2D eigenvalue weighted by Gasteiger charge is 2.36. The molecule has 0 bridgehead atoms. The van der Waals surface area contributed by atoms with E-state index in [1.54, 1.807) is 6.07 Å². The number of benzene rings is 1. The fraction of sp³-hybridized carbons (Fsp3) is 0.500. The highest BCUT2D eigenvalue weighted by atomic mass is 19.1. The van der Waals surface area contributed by atoms with Gasteiger partial charge in [-0.3, -0.25) is 0 Å². The number of halogens is 1. The van der Waals surface area contributed by atoms with Crippen LogP contribution in [0.15, 0.2) is 12.1 Å². The van der Waals surface area contributed by atoms with Gasteiger partial charge in [-0.2, -0.15) is 0 Å². The average molecular weight is 264 g/mol. The molecule has 1 aromatic rings. The second-order valence-electron chi connectivity index (χ2n) is 5.49. The fourth-order valence-corrected chi connectivity index (χ4v) is 2.46. The molecule has 0 atom stereocenters. The Hall–Kier alpha value is -1.78. The van der Waals surface area contributed by atoms with E-state index >= 15 is 0 Å². The maximum atomic E-state index is 13.5. The lowest BCUT2D eigenvalue weighted by Gasteiger charge is -2.27. The van der Waals surface area contributed by atoms with E-state index < -0.39 is 11.8 Å². The number of nitrogens with zero attached hydrogens (tertiary/aromatic N) is 1. The van der Waals surface area contributed by atoms with Crippen LogP contribution >= 0.6 is 0 Å². The monoisotopic (exact) mass is 264 g/mol. The number of aromatic carboxylic acids is 1. The van der Waals surface area contributed by atoms with Crippen molar-refractivity contribution in [2.24, 2.45) is 5.92 Å². The fourth-order valence-electron chi connectivity index (χ4n) is 2.46. The first-order chi connectivity index (χ1) is 9.08. The lowest BCUT2D eigenvalue weighted by Crippen LogP contribution is -2.30. The Morgan fingerprint density at radius 1 is 1.37 bits per heavy atom. The van der Waals surface area contributed by atoms with Gasteiger partial charge in [0.2, 0.25) is 0 Å². The van der Waals surface area contributed by atoms with Gasteiger partial charge in [-0.05, 0) is 43.7 Å². The zero-order valence-corrected chi connectivity index (χ0v) is 10.6. The van der Waals surface area contributed by atoms with Crippen LogP contribution in [-0.2, 0) is 0 Å². The Bertz CT molecular complexity index is 524. The number of carboxylic acid groups (broad SMARTS) is 1. The molecule has 0 aromatic heterocycles. The number of anilines is 2. The average Bonchev–Trinajstić information content (AvgIpc) is 3.23. The van der Waals surface area contributed by atoms with Crippen LogP contribution in [0.5, 0.6) is 0 Å². The van der Waals surface area contributed by atoms with Crippen molar-refractivity contribution in [3.05, 3.63) is 23.5 Å². The van der Waals surface area contributed by atoms with Gasteiger partial charge < -0.3 is 15.7 Å². The molecule has 1 aromatic carbocycles. The minimum absolute atomic E-state index is 0.0902. The van der Waals surface area contributed by atoms with Gasteiger partial charge in [-0.15, -0.1) is 0 Å². The van der Waals surface area contributed by atoms with E-state index in [9.17, 15) is 14.3 Å². The molecule has 3 rings (SSSR count). The predicted octanol–water partition coefficient (Wildman–Crippen LogP) is 2.48. The van der Waals surface area contributed by atoms with Crippen LogP contribution in [0.4, 0.5) is 15.8 Å². The molecule has 0 aliphatic heterocycles. The molecule has 0 heterocycles. The summed E-state index contributed by atoms with van der Waals surface area (Å²) in [6, 6.07) is 3.21. The summed E-state index contributed by atoms with van der Waals surface area (Å²) in [4.78, 5) is 13.5. The largest absolute Gasteiger partial charge is 0.478 e. The normalized spacial score (nSPS) is 18.4. The van der Waals surface area contributed by atoms with Gasteiger partial charge in [0, 0.05) is 12.6 Å². The molecule has 2 fully saturated rings. The summed E-state index contributed by atoms with van der Waals surface area (Å²) in [7, 11) is 0. The molecule has 0 unspecified atom stereocenters. The molecule has 2 saturated carbocycles. The van der Waals surface area contributed by atoms with Gasteiger partial charge >= 0.3 is 5.97 Å². The van der Waals surface area contributed by atoms with Crippen molar-refractivity contribution in [3.8, 4) is 0 Å². The van der Waals surface area contributed by atoms with Crippen LogP contribution in [0.2, 0.25) is 0 Å². The topological polar surface area (TPSA) is 66.6 Å². The number of carbonyl (C=O) groups is 1. The summed E-state index contributed by atoms with van der Waals surface area (Å²) in [6.45, 7) is 0.857. The molecule has 5 heteroatoms. The minimum atomic E-state index is -1.16. The van der Waals surface area contributed by atoms with Crippen LogP contribution in [0, 0.1) is 11.7 Å². The third-order valence-electron chi connectivity index (χ3n) is 3.83. The van der Waals surface area contributed by atoms with E-state index in [0.717, 1.165) is 19.4 Å². The third-order valence-corrected chi connectivity index (χ3v) is 3.83. The zero-order valence-electron chi connectivity index (χ0n) is 10.6. The molecule has 19 heavy (non-hydrogen) atoms. The first kappa shape index (κ1) is 12.3. The summed E-state index contributed by atoms with van der Waals surface area (Å²) in [5.41, 5.74) is 5.83. The molecule has 2 aliphatic carbocycles. The number of carboxylic acids is 1. The summed E-state index contributed by atoms with van der Waals surface area (Å²) in [6.07, 6.45) is 4.54. The first-order valence-electron chi connectivity index (χ1n) is 6.66. The van der Waals surface area contributed by atoms with Gasteiger partial charge in [0.05, 0.1) is 11.4 Å². The zero-order chi connectivity index (χ0) is 13.6. The minimum Gasteiger partial charge on any atom is -0.478 e. The molecule has 0 radical (unpaired) electrons. The van der Waals surface area contributed by atoms with Gasteiger partial charge in [0.15, 0.2) is 0 Å². The highest BCUT2D eigenvalue weighted by Crippen LogP contribution is 2.40. The SMILES string of the molecule is Nc1c(F)ccc(N(CC2CC2)C2CC2)c1C(=O)O. The maximum Gasteiger partial charge on any atom is 0.340 e. The number of nitrogens with two attached hydrogens (primary N) is 1. The van der Waals surface area contributed by atoms with Crippen LogP contribution in [0.25, 0.3) is 0 Å². The van der Waals surface area contributed by atoms with Gasteiger partial charge in [-0.1, -0.05) is 0 Å². The first-order valence-corrected chi connectivity index (χ1v) is 6.66. The van der Waals surface area contributed by atoms with E-state index in [-0.39, 0.29) is 11.3 Å². The second kappa shape index (κ2) is 4.40. The molecular formula is C14H17FN2O2. The third kappa shape index (κ3) is 2.37. The van der Waals surface area contributed by atoms with E-state index in [4.69, 9.17) is 5.73 Å². The molecular weight excluding hydrogens is 247 g/mol. The summed E-state index contributed by atoms with van der Waals surface area (Å²) >= 11 is 0. The summed E-state index contributed by atoms with van der Waals surface area (Å²) in [5.74, 6) is -1.18. The van der Waals surface area contributed by atoms with E-state index in [1.807, 2.05) is 0 Å². The van der Waals surface area contributed by atoms with Gasteiger partial charge in [0.25, 0.3) is 0 Å². The summed E-state index contributed by atoms with van der Waals surface area (Å²) in [5, 5.41) is 9.30. The lowest BCUT2D eigenvalue weighted by atomic mass is 10.1. The predicted molar refractivity (Wildman–Crippen MR) is 70.9 cm³/mol. The smallest absolute Gasteiger partial charge is 0.340 e. The van der Waals surface area contributed by atoms with Crippen molar-refractivity contribution < 1.29 is 14.3 Å². The Labute approximate surface area is 111 Å². The van der Waals surface area contributed by atoms with Crippen molar-refractivity contribution in [1.29, 1.82) is 0 Å². The maximum absolute atomic E-state index is 13.5. The Morgan fingerprint density at radius 2 is 2.05 bits per heavy atom. The Balaban J connectivity index is 2.01. The molecule has 0 amide bonds. The van der Waals surface area contributed by atoms with Crippen molar-refractivity contribution in [1.82, 2.24) is 0 Å². The van der Waals surface area contributed by atoms with E-state index in [2.05, 4.69) is 4.90 Å². The Kier molecular flexibility index (Phi) is 2.84. The van der Waals surface area contributed by atoms with Crippen molar-refractivity contribution >= 4 is 17.3 Å². The number of hydrogen-bond acceptors (Lipinski definition) is 3. The number of rotatable bonds is 5. The van der Waals surface area contributed by atoms with Crippen molar-refractivity contribution in [2.75, 3.05) is 17.2 Å². The van der Waals surface area contributed by atoms with Crippen LogP contribution < -0.4 is 10.6 Å². The standard InChI is InChI=1S/C14H17FN2O2/c15-10-5-6-11(12(13(10)16)14(18)19)17(9-3-4-9)7-8-1-2-8/h5-6,8-9H,1-4,7,16H2,(H,18,19). The van der Waals surface area contributed by atoms with Crippen LogP contribution in [0.1, 0.15) is 36.0 Å². The number of hydrogen-bond donors (Lipinski definition) is 2. The molecule has 0 saturated heterocycles. The van der Waals surface area contributed by atoms with Crippen LogP contribution in [-0.4, -0.2) is 23.7 Å². The quantitative estimate of drug-likeness (QED) is 0.802. The van der Waals surface area contributed by atoms with E-state index in [1.165, 1.54) is 18.9 Å². The molecule has 2 aliphatic rings. The molecule has 102 valence electrons. The van der Waals surface area contributed by atoms with Crippen molar-refractivity contribution in [3.63, 3.8) is 0 Å².